The highest BCUT2D eigenvalue weighted by molar-refractivity contribution is 9.10. The molecule has 1 saturated carbocycles. The van der Waals surface area contributed by atoms with Gasteiger partial charge in [0.1, 0.15) is 6.61 Å². The van der Waals surface area contributed by atoms with Crippen molar-refractivity contribution in [3.8, 4) is 5.75 Å². The molecule has 1 aromatic rings. The summed E-state index contributed by atoms with van der Waals surface area (Å²) < 4.78 is 26.8. The molecule has 0 amide bonds. The molecular formula is C16H23BrClFO2Si. The van der Waals surface area contributed by atoms with Gasteiger partial charge in [-0.05, 0) is 43.1 Å². The van der Waals surface area contributed by atoms with Crippen molar-refractivity contribution in [3.63, 3.8) is 0 Å². The summed E-state index contributed by atoms with van der Waals surface area (Å²) in [5.41, 5.74) is -0.225. The van der Waals surface area contributed by atoms with E-state index >= 15 is 0 Å². The summed E-state index contributed by atoms with van der Waals surface area (Å²) in [6.45, 7) is 7.00. The van der Waals surface area contributed by atoms with Crippen molar-refractivity contribution in [1.82, 2.24) is 0 Å². The minimum absolute atomic E-state index is 0.122. The molecule has 2 rings (SSSR count). The van der Waals surface area contributed by atoms with Crippen LogP contribution in [0.1, 0.15) is 33.6 Å². The number of ether oxygens (including phenoxy) is 1. The average molecular weight is 410 g/mol. The molecule has 6 heteroatoms. The third kappa shape index (κ3) is 4.05. The number of benzene rings is 1. The van der Waals surface area contributed by atoms with Crippen LogP contribution in [0.2, 0.25) is 23.2 Å². The van der Waals surface area contributed by atoms with E-state index in [1.54, 1.807) is 6.07 Å². The van der Waals surface area contributed by atoms with Crippen molar-refractivity contribution >= 4 is 35.8 Å². The molecule has 1 aliphatic carbocycles. The normalized spacial score (nSPS) is 16.6. The van der Waals surface area contributed by atoms with Gasteiger partial charge in [-0.1, -0.05) is 48.3 Å². The molecule has 0 bridgehead atoms. The maximum atomic E-state index is 14.0. The first-order chi connectivity index (χ1) is 10.4. The highest BCUT2D eigenvalue weighted by Gasteiger charge is 2.50. The SMILES string of the molecule is CC[Si](CC)(CC)OC1(COc2c(F)cc(Br)cc2Cl)CC1. The van der Waals surface area contributed by atoms with E-state index in [4.69, 9.17) is 20.8 Å². The molecule has 1 fully saturated rings. The number of hydrogen-bond acceptors (Lipinski definition) is 2. The Hall–Kier alpha value is -0.103. The summed E-state index contributed by atoms with van der Waals surface area (Å²) in [4.78, 5) is 0. The van der Waals surface area contributed by atoms with Crippen molar-refractivity contribution in [2.45, 2.75) is 57.3 Å². The number of hydrogen-bond donors (Lipinski definition) is 0. The zero-order valence-corrected chi connectivity index (χ0v) is 16.7. The summed E-state index contributed by atoms with van der Waals surface area (Å²) in [6.07, 6.45) is 1.97. The van der Waals surface area contributed by atoms with E-state index in [0.29, 0.717) is 11.1 Å². The minimum atomic E-state index is -1.68. The van der Waals surface area contributed by atoms with Crippen LogP contribution in [0.4, 0.5) is 4.39 Å². The molecule has 0 aromatic heterocycles. The van der Waals surface area contributed by atoms with Gasteiger partial charge in [-0.15, -0.1) is 0 Å². The van der Waals surface area contributed by atoms with Crippen molar-refractivity contribution in [1.29, 1.82) is 0 Å². The monoisotopic (exact) mass is 408 g/mol. The first-order valence-electron chi connectivity index (χ1n) is 7.87. The van der Waals surface area contributed by atoms with Crippen LogP contribution in [0, 0.1) is 5.82 Å². The van der Waals surface area contributed by atoms with Gasteiger partial charge in [0.25, 0.3) is 0 Å². The Kier molecular flexibility index (Phi) is 5.97. The second kappa shape index (κ2) is 7.20. The molecule has 1 aromatic carbocycles. The molecule has 0 saturated heterocycles. The van der Waals surface area contributed by atoms with Gasteiger partial charge >= 0.3 is 0 Å². The predicted octanol–water partition coefficient (Wildman–Crippen LogP) is 6.17. The summed E-state index contributed by atoms with van der Waals surface area (Å²) in [5.74, 6) is -0.323. The van der Waals surface area contributed by atoms with Crippen LogP contribution >= 0.6 is 27.5 Å². The van der Waals surface area contributed by atoms with Crippen LogP contribution in [0.15, 0.2) is 16.6 Å². The maximum absolute atomic E-state index is 14.0. The Bertz CT molecular complexity index is 502. The Labute approximate surface area is 146 Å². The molecular weight excluding hydrogens is 387 g/mol. The van der Waals surface area contributed by atoms with Crippen molar-refractivity contribution < 1.29 is 13.6 Å². The van der Waals surface area contributed by atoms with Crippen LogP contribution < -0.4 is 4.74 Å². The zero-order valence-electron chi connectivity index (χ0n) is 13.3. The highest BCUT2D eigenvalue weighted by atomic mass is 79.9. The fraction of sp³-hybridized carbons (Fsp3) is 0.625. The number of halogens is 3. The summed E-state index contributed by atoms with van der Waals surface area (Å²) in [5, 5.41) is 0.285. The van der Waals surface area contributed by atoms with Crippen molar-refractivity contribution in [2.75, 3.05) is 6.61 Å². The van der Waals surface area contributed by atoms with Gasteiger partial charge in [-0.2, -0.15) is 0 Å². The lowest BCUT2D eigenvalue weighted by molar-refractivity contribution is 0.0950. The van der Waals surface area contributed by atoms with E-state index in [-0.39, 0.29) is 16.4 Å². The van der Waals surface area contributed by atoms with Gasteiger partial charge in [0, 0.05) is 4.47 Å². The Morgan fingerprint density at radius 2 is 1.82 bits per heavy atom. The van der Waals surface area contributed by atoms with E-state index < -0.39 is 14.1 Å². The van der Waals surface area contributed by atoms with Crippen LogP contribution in [0.25, 0.3) is 0 Å². The Morgan fingerprint density at radius 3 is 2.27 bits per heavy atom. The van der Waals surface area contributed by atoms with Gasteiger partial charge in [-0.25, -0.2) is 4.39 Å². The fourth-order valence-electron chi connectivity index (χ4n) is 2.71. The van der Waals surface area contributed by atoms with E-state index in [0.717, 1.165) is 31.0 Å². The van der Waals surface area contributed by atoms with Gasteiger partial charge in [-0.3, -0.25) is 0 Å². The van der Waals surface area contributed by atoms with Crippen LogP contribution in [0.3, 0.4) is 0 Å². The molecule has 2 nitrogen and oxygen atoms in total. The van der Waals surface area contributed by atoms with Crippen LogP contribution in [-0.4, -0.2) is 20.5 Å². The number of rotatable bonds is 8. The van der Waals surface area contributed by atoms with Crippen LogP contribution in [-0.2, 0) is 4.43 Å². The van der Waals surface area contributed by atoms with E-state index in [9.17, 15) is 4.39 Å². The van der Waals surface area contributed by atoms with E-state index in [2.05, 4.69) is 36.7 Å². The molecule has 124 valence electrons. The molecule has 22 heavy (non-hydrogen) atoms. The largest absolute Gasteiger partial charge is 0.486 e. The topological polar surface area (TPSA) is 18.5 Å². The minimum Gasteiger partial charge on any atom is -0.486 e. The molecule has 0 radical (unpaired) electrons. The molecule has 0 N–H and O–H groups in total. The van der Waals surface area contributed by atoms with Gasteiger partial charge in [0.05, 0.1) is 10.6 Å². The summed E-state index contributed by atoms with van der Waals surface area (Å²) >= 11 is 9.29. The Balaban J connectivity index is 2.05. The van der Waals surface area contributed by atoms with Crippen LogP contribution in [0.5, 0.6) is 5.75 Å². The standard InChI is InChI=1S/C16H23BrClFO2Si/c1-4-22(5-2,6-3)21-16(7-8-16)11-20-15-13(18)9-12(17)10-14(15)19/h9-10H,4-8,11H2,1-3H3. The van der Waals surface area contributed by atoms with E-state index in [1.807, 2.05) is 0 Å². The smallest absolute Gasteiger partial charge is 0.193 e. The molecule has 0 atom stereocenters. The molecule has 0 unspecified atom stereocenters. The lowest BCUT2D eigenvalue weighted by Gasteiger charge is -2.33. The van der Waals surface area contributed by atoms with Gasteiger partial charge < -0.3 is 9.16 Å². The predicted molar refractivity (Wildman–Crippen MR) is 94.9 cm³/mol. The van der Waals surface area contributed by atoms with Gasteiger partial charge in [0.2, 0.25) is 0 Å². The van der Waals surface area contributed by atoms with Crippen molar-refractivity contribution in [2.24, 2.45) is 0 Å². The fourth-order valence-corrected chi connectivity index (χ4v) is 6.65. The van der Waals surface area contributed by atoms with E-state index in [1.165, 1.54) is 6.07 Å². The molecule has 1 aliphatic rings. The molecule has 0 heterocycles. The zero-order chi connectivity index (χ0) is 16.4. The second-order valence-electron chi connectivity index (χ2n) is 6.02. The first kappa shape index (κ1) is 18.2. The van der Waals surface area contributed by atoms with Crippen molar-refractivity contribution in [3.05, 3.63) is 27.4 Å². The summed E-state index contributed by atoms with van der Waals surface area (Å²) in [7, 11) is -1.68. The molecule has 0 spiro atoms. The third-order valence-electron chi connectivity index (χ3n) is 4.62. The molecule has 0 aliphatic heterocycles. The Morgan fingerprint density at radius 1 is 1.23 bits per heavy atom. The first-order valence-corrected chi connectivity index (χ1v) is 11.6. The maximum Gasteiger partial charge on any atom is 0.193 e. The quantitative estimate of drug-likeness (QED) is 0.478. The third-order valence-corrected chi connectivity index (χ3v) is 10.1. The van der Waals surface area contributed by atoms with Gasteiger partial charge in [0.15, 0.2) is 19.9 Å². The second-order valence-corrected chi connectivity index (χ2v) is 12.0. The lowest BCUT2D eigenvalue weighted by Crippen LogP contribution is -2.43. The lowest BCUT2D eigenvalue weighted by atomic mass is 10.3. The highest BCUT2D eigenvalue weighted by Crippen LogP contribution is 2.45. The summed E-state index contributed by atoms with van der Waals surface area (Å²) in [6, 6.07) is 6.33. The average Bonchev–Trinajstić information content (AvgIpc) is 3.24.